The van der Waals surface area contributed by atoms with Crippen molar-refractivity contribution in [2.45, 2.75) is 56.0 Å². The van der Waals surface area contributed by atoms with Crippen LogP contribution in [0.5, 0.6) is 0 Å². The Bertz CT molecular complexity index is 909. The minimum absolute atomic E-state index is 0. The van der Waals surface area contributed by atoms with E-state index in [1.54, 1.807) is 18.3 Å². The third kappa shape index (κ3) is 3.59. The van der Waals surface area contributed by atoms with Gasteiger partial charge in [0, 0.05) is 22.4 Å². The van der Waals surface area contributed by atoms with E-state index >= 15 is 0 Å². The van der Waals surface area contributed by atoms with Gasteiger partial charge in [0.15, 0.2) is 0 Å². The maximum atomic E-state index is 13.5. The maximum absolute atomic E-state index is 13.5. The molecule has 3 amide bonds. The number of nitrogens with zero attached hydrogens (tertiary/aromatic N) is 2. The number of aromatic nitrogens is 1. The topological polar surface area (TPSA) is 117 Å². The summed E-state index contributed by atoms with van der Waals surface area (Å²) in [6.07, 6.45) is 5.97. The first kappa shape index (κ1) is 17.7. The van der Waals surface area contributed by atoms with Gasteiger partial charge in [-0.15, -0.1) is 12.4 Å². The van der Waals surface area contributed by atoms with Crippen LogP contribution in [0.2, 0.25) is 0 Å². The van der Waals surface area contributed by atoms with Crippen molar-refractivity contribution in [1.29, 1.82) is 0 Å². The smallest absolute Gasteiger partial charge is 0.240 e. The molecule has 4 N–H and O–H groups in total. The van der Waals surface area contributed by atoms with Gasteiger partial charge in [0.1, 0.15) is 11.9 Å². The number of carbonyl (C=O) groups excluding carboxylic acids is 3. The number of likely N-dealkylation sites (N-methyl/N-ethyl adjacent to an activating group) is 1. The van der Waals surface area contributed by atoms with E-state index in [9.17, 15) is 14.4 Å². The van der Waals surface area contributed by atoms with Crippen molar-refractivity contribution >= 4 is 35.9 Å². The van der Waals surface area contributed by atoms with Gasteiger partial charge in [0.2, 0.25) is 17.7 Å². The lowest BCUT2D eigenvalue weighted by Gasteiger charge is -2.29. The highest BCUT2D eigenvalue weighted by atomic mass is 35.5. The Morgan fingerprint density at radius 1 is 1.48 bits per heavy atom. The summed E-state index contributed by atoms with van der Waals surface area (Å²) in [7, 11) is 0. The predicted molar refractivity (Wildman–Crippen MR) is 111 cm³/mol. The van der Waals surface area contributed by atoms with Gasteiger partial charge in [-0.1, -0.05) is 31.7 Å². The Morgan fingerprint density at radius 3 is 2.93 bits per heavy atom. The normalized spacial score (nSPS) is 28.8. The van der Waals surface area contributed by atoms with Gasteiger partial charge in [-0.3, -0.25) is 14.4 Å². The zero-order valence-corrected chi connectivity index (χ0v) is 16.8. The lowest BCUT2D eigenvalue weighted by Crippen LogP contribution is -2.51. The van der Waals surface area contributed by atoms with E-state index in [0.717, 1.165) is 25.7 Å². The number of carbonyl (C=O) groups is 3. The second kappa shape index (κ2) is 8.28. The fourth-order valence-electron chi connectivity index (χ4n) is 4.99. The van der Waals surface area contributed by atoms with Gasteiger partial charge >= 0.3 is 0 Å². The Morgan fingerprint density at radius 2 is 2.24 bits per heavy atom. The first-order valence-electron chi connectivity index (χ1n) is 11.3. The average Bonchev–Trinajstić information content (AvgIpc) is 3.40. The number of hydrogen-bond donors (Lipinski definition) is 3. The van der Waals surface area contributed by atoms with Crippen LogP contribution in [0.4, 0.5) is 5.82 Å². The number of likely N-dealkylation sites (tertiary alicyclic amines) is 1. The zero-order chi connectivity index (χ0) is 22.4. The van der Waals surface area contributed by atoms with Crippen LogP contribution in [0.25, 0.3) is 0 Å². The fourth-order valence-corrected chi connectivity index (χ4v) is 4.99. The van der Waals surface area contributed by atoms with Gasteiger partial charge in [0.25, 0.3) is 0 Å². The molecule has 3 aliphatic rings. The summed E-state index contributed by atoms with van der Waals surface area (Å²) >= 11 is 0. The molecule has 3 atom stereocenters. The van der Waals surface area contributed by atoms with Gasteiger partial charge in [-0.05, 0) is 31.8 Å². The van der Waals surface area contributed by atoms with Crippen LogP contribution in [0.15, 0.2) is 18.3 Å². The number of fused-ring (bicyclic) bond motifs is 2. The molecule has 0 aromatic carbocycles. The molecular formula is C20H28ClN5O3. The predicted octanol–water partition coefficient (Wildman–Crippen LogP) is 0.948. The number of rotatable bonds is 5. The van der Waals surface area contributed by atoms with Crippen LogP contribution >= 0.6 is 12.4 Å². The zero-order valence-electron chi connectivity index (χ0n) is 19.0. The fraction of sp³-hybridized carbons (Fsp3) is 0.600. The largest absolute Gasteiger partial charge is 0.368 e. The van der Waals surface area contributed by atoms with Gasteiger partial charge in [-0.2, -0.15) is 0 Å². The van der Waals surface area contributed by atoms with Gasteiger partial charge in [-0.25, -0.2) is 4.98 Å². The molecule has 1 saturated heterocycles. The molecule has 1 aromatic heterocycles. The van der Waals surface area contributed by atoms with E-state index in [2.05, 4.69) is 15.6 Å². The number of pyridine rings is 1. The molecule has 0 radical (unpaired) electrons. The highest BCUT2D eigenvalue weighted by molar-refractivity contribution is 6.07. The van der Waals surface area contributed by atoms with Crippen molar-refractivity contribution in [3.05, 3.63) is 23.9 Å². The summed E-state index contributed by atoms with van der Waals surface area (Å²) in [6.45, 7) is -2.56. The molecular weight excluding hydrogens is 394 g/mol. The van der Waals surface area contributed by atoms with E-state index in [1.807, 2.05) is 0 Å². The van der Waals surface area contributed by atoms with Crippen molar-refractivity contribution in [2.75, 3.05) is 18.8 Å². The van der Waals surface area contributed by atoms with E-state index in [0.29, 0.717) is 17.8 Å². The van der Waals surface area contributed by atoms with E-state index < -0.39 is 36.3 Å². The number of nitrogens with one attached hydrogen (secondary N) is 2. The minimum atomic E-state index is -2.51. The first-order chi connectivity index (χ1) is 14.6. The lowest BCUT2D eigenvalue weighted by molar-refractivity contribution is -0.139. The standard InChI is InChI=1S/C20H27N5O3.ClH/c1-22-14(9-12-5-2-3-6-12)18(27)25-11-20(10-15(25)16(21)26)13-7-4-8-23-17(13)24-19(20)28;/h4,7-8,12,14-15,22H,2-3,5-6,9-11H2,1H3,(H2,21,26)(H,23,24,28);1H/t14-,15-,20-;/m0./s1/i1D3;. The Hall–Kier alpha value is -2.19. The highest BCUT2D eigenvalue weighted by Gasteiger charge is 2.58. The molecule has 2 fully saturated rings. The Kier molecular flexibility index (Phi) is 5.04. The SMILES string of the molecule is Cl.[2H]C([2H])([2H])N[C@@H](CC1CCCC1)C(=O)N1C[C@]2(C[C@H]1C(N)=O)C(=O)Nc1ncccc12. The Labute approximate surface area is 180 Å². The third-order valence-electron chi connectivity index (χ3n) is 6.48. The second-order valence-corrected chi connectivity index (χ2v) is 8.11. The summed E-state index contributed by atoms with van der Waals surface area (Å²) in [6, 6.07) is 1.46. The summed E-state index contributed by atoms with van der Waals surface area (Å²) in [5.74, 6) is -0.906. The summed E-state index contributed by atoms with van der Waals surface area (Å²) in [5.41, 5.74) is 5.12. The number of halogens is 1. The lowest BCUT2D eigenvalue weighted by atomic mass is 9.80. The van der Waals surface area contributed by atoms with Crippen molar-refractivity contribution in [2.24, 2.45) is 11.7 Å². The Balaban J connectivity index is 0.00000289. The van der Waals surface area contributed by atoms with Crippen molar-refractivity contribution in [3.8, 4) is 0 Å². The van der Waals surface area contributed by atoms with E-state index in [4.69, 9.17) is 9.85 Å². The molecule has 3 heterocycles. The van der Waals surface area contributed by atoms with Crippen molar-refractivity contribution in [1.82, 2.24) is 15.2 Å². The summed E-state index contributed by atoms with van der Waals surface area (Å²) < 4.78 is 22.8. The average molecular weight is 425 g/mol. The van der Waals surface area contributed by atoms with Crippen LogP contribution in [0.3, 0.4) is 0 Å². The van der Waals surface area contributed by atoms with Crippen LogP contribution in [-0.2, 0) is 19.8 Å². The molecule has 1 aromatic rings. The van der Waals surface area contributed by atoms with E-state index in [-0.39, 0.29) is 37.2 Å². The summed E-state index contributed by atoms with van der Waals surface area (Å²) in [5, 5.41) is 5.20. The number of anilines is 1. The summed E-state index contributed by atoms with van der Waals surface area (Å²) in [4.78, 5) is 44.2. The third-order valence-corrected chi connectivity index (χ3v) is 6.48. The van der Waals surface area contributed by atoms with Crippen LogP contribution in [0, 0.1) is 5.92 Å². The molecule has 4 rings (SSSR count). The minimum Gasteiger partial charge on any atom is -0.368 e. The molecule has 1 aliphatic carbocycles. The van der Waals surface area contributed by atoms with E-state index in [1.165, 1.54) is 4.90 Å². The quantitative estimate of drug-likeness (QED) is 0.650. The molecule has 158 valence electrons. The molecule has 9 heteroatoms. The number of primary amides is 1. The van der Waals surface area contributed by atoms with Gasteiger partial charge < -0.3 is 21.3 Å². The molecule has 1 saturated carbocycles. The number of hydrogen-bond acceptors (Lipinski definition) is 5. The molecule has 1 spiro atoms. The van der Waals surface area contributed by atoms with Crippen LogP contribution < -0.4 is 16.4 Å². The molecule has 29 heavy (non-hydrogen) atoms. The van der Waals surface area contributed by atoms with Crippen molar-refractivity contribution < 1.29 is 18.5 Å². The monoisotopic (exact) mass is 424 g/mol. The molecule has 8 nitrogen and oxygen atoms in total. The molecule has 2 aliphatic heterocycles. The highest BCUT2D eigenvalue weighted by Crippen LogP contribution is 2.45. The van der Waals surface area contributed by atoms with Crippen LogP contribution in [0.1, 0.15) is 48.2 Å². The molecule has 0 bridgehead atoms. The maximum Gasteiger partial charge on any atom is 0.240 e. The van der Waals surface area contributed by atoms with Crippen LogP contribution in [-0.4, -0.2) is 53.2 Å². The number of nitrogens with two attached hydrogens (primary N) is 1. The molecule has 0 unspecified atom stereocenters. The van der Waals surface area contributed by atoms with Crippen molar-refractivity contribution in [3.63, 3.8) is 0 Å². The second-order valence-electron chi connectivity index (χ2n) is 8.11. The number of amides is 3. The van der Waals surface area contributed by atoms with Gasteiger partial charge in [0.05, 0.1) is 11.5 Å². The first-order valence-corrected chi connectivity index (χ1v) is 9.75.